The molecule has 0 radical (unpaired) electrons. The molecule has 0 spiro atoms. The third kappa shape index (κ3) is 10.6. The predicted molar refractivity (Wildman–Crippen MR) is 172 cm³/mol. The van der Waals surface area contributed by atoms with E-state index in [1.807, 2.05) is 0 Å². The van der Waals surface area contributed by atoms with Gasteiger partial charge in [-0.1, -0.05) is 13.8 Å². The lowest BCUT2D eigenvalue weighted by Crippen LogP contribution is -2.58. The van der Waals surface area contributed by atoms with Crippen LogP contribution in [0, 0.1) is 6.92 Å². The summed E-state index contributed by atoms with van der Waals surface area (Å²) in [6, 6.07) is 2.34. The van der Waals surface area contributed by atoms with Crippen LogP contribution in [0.15, 0.2) is 24.3 Å². The van der Waals surface area contributed by atoms with E-state index in [0.717, 1.165) is 6.07 Å². The lowest BCUT2D eigenvalue weighted by Gasteiger charge is -2.31. The third-order valence-corrected chi connectivity index (χ3v) is 8.39. The van der Waals surface area contributed by atoms with Crippen LogP contribution in [0.1, 0.15) is 87.5 Å². The highest BCUT2D eigenvalue weighted by molar-refractivity contribution is 6.01. The number of aromatic nitrogens is 1. The molecule has 1 atom stereocenters. The summed E-state index contributed by atoms with van der Waals surface area (Å²) in [4.78, 5) is 38.9. The number of alkyl carbamates (subject to hydrolysis) is 1. The zero-order valence-electron chi connectivity index (χ0n) is 29.1. The minimum Gasteiger partial charge on any atom is -0.444 e. The summed E-state index contributed by atoms with van der Waals surface area (Å²) >= 11 is 0. The highest BCUT2D eigenvalue weighted by atomic mass is 19.4. The molecule has 3 amide bonds. The molecule has 50 heavy (non-hydrogen) atoms. The number of alkyl halides is 6. The van der Waals surface area contributed by atoms with Crippen molar-refractivity contribution >= 4 is 17.9 Å². The van der Waals surface area contributed by atoms with E-state index in [2.05, 4.69) is 16.0 Å². The average molecular weight is 721 g/mol. The molecule has 10 nitrogen and oxygen atoms in total. The van der Waals surface area contributed by atoms with Crippen molar-refractivity contribution in [1.29, 1.82) is 0 Å². The Morgan fingerprint density at radius 2 is 1.58 bits per heavy atom. The maximum atomic E-state index is 14.2. The van der Waals surface area contributed by atoms with Crippen LogP contribution >= 0.6 is 0 Å². The van der Waals surface area contributed by atoms with Crippen LogP contribution in [0.2, 0.25) is 0 Å². The van der Waals surface area contributed by atoms with Crippen molar-refractivity contribution in [2.24, 2.45) is 0 Å². The van der Waals surface area contributed by atoms with E-state index in [1.54, 1.807) is 34.6 Å². The van der Waals surface area contributed by atoms with Gasteiger partial charge in [-0.2, -0.15) is 26.3 Å². The first kappa shape index (κ1) is 40.6. The molecule has 0 unspecified atom stereocenters. The van der Waals surface area contributed by atoms with Crippen molar-refractivity contribution in [3.63, 3.8) is 0 Å². The van der Waals surface area contributed by atoms with E-state index in [-0.39, 0.29) is 62.6 Å². The van der Waals surface area contributed by atoms with Gasteiger partial charge in [-0.15, -0.1) is 0 Å². The molecule has 0 bridgehead atoms. The molecule has 1 aliphatic rings. The van der Waals surface area contributed by atoms with Crippen LogP contribution in [-0.2, 0) is 37.9 Å². The van der Waals surface area contributed by atoms with Crippen molar-refractivity contribution in [2.75, 3.05) is 32.9 Å². The summed E-state index contributed by atoms with van der Waals surface area (Å²) < 4.78 is 101. The number of benzene rings is 1. The van der Waals surface area contributed by atoms with Gasteiger partial charge in [0.2, 0.25) is 5.91 Å². The molecule has 0 aliphatic carbocycles. The van der Waals surface area contributed by atoms with Crippen LogP contribution in [0.25, 0.3) is 11.3 Å². The van der Waals surface area contributed by atoms with Gasteiger partial charge in [0.1, 0.15) is 11.1 Å². The Morgan fingerprint density at radius 1 is 0.940 bits per heavy atom. The number of rotatable bonds is 14. The highest BCUT2D eigenvalue weighted by Gasteiger charge is 2.40. The van der Waals surface area contributed by atoms with Crippen LogP contribution in [0.5, 0.6) is 0 Å². The van der Waals surface area contributed by atoms with Gasteiger partial charge in [0.15, 0.2) is 0 Å². The normalized spacial score (nSPS) is 15.6. The molecule has 2 aromatic rings. The largest absolute Gasteiger partial charge is 0.444 e. The van der Waals surface area contributed by atoms with Gasteiger partial charge in [-0.05, 0) is 77.6 Å². The van der Waals surface area contributed by atoms with Crippen LogP contribution in [-0.4, -0.2) is 72.6 Å². The van der Waals surface area contributed by atoms with Gasteiger partial charge in [0.05, 0.1) is 36.0 Å². The monoisotopic (exact) mass is 720 g/mol. The molecule has 3 rings (SSSR count). The Hall–Kier alpha value is -3.79. The fraction of sp³-hybridized carbons (Fsp3) is 0.618. The van der Waals surface area contributed by atoms with Crippen molar-refractivity contribution in [1.82, 2.24) is 20.5 Å². The van der Waals surface area contributed by atoms with Gasteiger partial charge in [0, 0.05) is 43.2 Å². The van der Waals surface area contributed by atoms with E-state index in [9.17, 15) is 40.7 Å². The second-order valence-electron chi connectivity index (χ2n) is 13.1. The van der Waals surface area contributed by atoms with E-state index < -0.39 is 64.2 Å². The molecule has 1 aliphatic heterocycles. The zero-order valence-corrected chi connectivity index (χ0v) is 29.1. The van der Waals surface area contributed by atoms with Crippen molar-refractivity contribution in [2.45, 2.75) is 103 Å². The second-order valence-corrected chi connectivity index (χ2v) is 13.1. The third-order valence-electron chi connectivity index (χ3n) is 8.39. The molecular formula is C34H46F6N4O6. The summed E-state index contributed by atoms with van der Waals surface area (Å²) in [5.41, 5.74) is -5.49. The number of amides is 3. The summed E-state index contributed by atoms with van der Waals surface area (Å²) in [7, 11) is 0. The first-order chi connectivity index (χ1) is 23.2. The van der Waals surface area contributed by atoms with Crippen LogP contribution in [0.4, 0.5) is 31.1 Å². The van der Waals surface area contributed by atoms with Gasteiger partial charge >= 0.3 is 18.4 Å². The second kappa shape index (κ2) is 16.5. The van der Waals surface area contributed by atoms with Gasteiger partial charge < -0.3 is 34.7 Å². The molecule has 280 valence electrons. The number of hydrogen-bond acceptors (Lipinski definition) is 6. The summed E-state index contributed by atoms with van der Waals surface area (Å²) in [5, 5.41) is 8.01. The van der Waals surface area contributed by atoms with E-state index in [0.29, 0.717) is 37.6 Å². The SMILES string of the molecule is CCC(CC)(NC(=O)c1cc(-c2cc(C(F)(F)F)ccc2C(F)(F)F)n(C[C@H]2CCCO2)c1C)C(=O)NCCOCCNC(=O)OC(C)(C)C. The maximum Gasteiger partial charge on any atom is 0.417 e. The molecular weight excluding hydrogens is 674 g/mol. The van der Waals surface area contributed by atoms with Crippen molar-refractivity contribution < 1.29 is 54.9 Å². The lowest BCUT2D eigenvalue weighted by molar-refractivity contribution is -0.141. The van der Waals surface area contributed by atoms with Gasteiger partial charge in [0.25, 0.3) is 5.91 Å². The van der Waals surface area contributed by atoms with Gasteiger partial charge in [-0.25, -0.2) is 4.79 Å². The van der Waals surface area contributed by atoms with Crippen molar-refractivity contribution in [3.8, 4) is 11.3 Å². The maximum absolute atomic E-state index is 14.2. The number of nitrogens with one attached hydrogen (secondary N) is 3. The number of ether oxygens (including phenoxy) is 3. The lowest BCUT2D eigenvalue weighted by atomic mass is 9.91. The molecule has 1 fully saturated rings. The van der Waals surface area contributed by atoms with Crippen LogP contribution in [0.3, 0.4) is 0 Å². The Morgan fingerprint density at radius 3 is 2.12 bits per heavy atom. The Labute approximate surface area is 287 Å². The Kier molecular flexibility index (Phi) is 13.4. The molecule has 1 aromatic carbocycles. The topological polar surface area (TPSA) is 120 Å². The minimum absolute atomic E-state index is 0.00245. The molecule has 2 heterocycles. The van der Waals surface area contributed by atoms with Gasteiger partial charge in [-0.3, -0.25) is 9.59 Å². The standard InChI is InChI=1S/C34H46F6N4O6/c1-7-32(8-2,29(46)41-13-16-48-17-14-42-30(47)50-31(4,5)6)43-28(45)24-19-27(44(21(24)3)20-23-10-9-15-49-23)25-18-22(33(35,36)37)11-12-26(25)34(38,39)40/h11-12,18-19,23H,7-10,13-17,20H2,1-6H3,(H,41,46)(H,42,47)(H,43,45)/t23-/m1/s1. The molecule has 1 saturated heterocycles. The quantitative estimate of drug-likeness (QED) is 0.149. The summed E-state index contributed by atoms with van der Waals surface area (Å²) in [5.74, 6) is -1.31. The van der Waals surface area contributed by atoms with E-state index in [1.165, 1.54) is 11.5 Å². The molecule has 16 heteroatoms. The Bertz CT molecular complexity index is 1490. The Balaban J connectivity index is 1.84. The number of halogens is 6. The number of carbonyl (C=O) groups excluding carboxylic acids is 3. The van der Waals surface area contributed by atoms with E-state index >= 15 is 0 Å². The van der Waals surface area contributed by atoms with Crippen molar-refractivity contribution in [3.05, 3.63) is 46.6 Å². The minimum atomic E-state index is -5.00. The number of carbonyl (C=O) groups is 3. The molecule has 1 aromatic heterocycles. The molecule has 3 N–H and O–H groups in total. The zero-order chi connectivity index (χ0) is 37.5. The van der Waals surface area contributed by atoms with Crippen LogP contribution < -0.4 is 16.0 Å². The predicted octanol–water partition coefficient (Wildman–Crippen LogP) is 6.63. The number of hydrogen-bond donors (Lipinski definition) is 3. The average Bonchev–Trinajstić information content (AvgIpc) is 3.65. The fourth-order valence-corrected chi connectivity index (χ4v) is 5.64. The first-order valence-electron chi connectivity index (χ1n) is 16.5. The first-order valence-corrected chi connectivity index (χ1v) is 16.5. The highest BCUT2D eigenvalue weighted by Crippen LogP contribution is 2.42. The summed E-state index contributed by atoms with van der Waals surface area (Å²) in [6.07, 6.45) is -9.37. The summed E-state index contributed by atoms with van der Waals surface area (Å²) in [6.45, 7) is 10.9. The fourth-order valence-electron chi connectivity index (χ4n) is 5.64. The molecule has 0 saturated carbocycles. The van der Waals surface area contributed by atoms with E-state index in [4.69, 9.17) is 14.2 Å². The smallest absolute Gasteiger partial charge is 0.417 e. The number of nitrogens with zero attached hydrogens (tertiary/aromatic N) is 1.